The summed E-state index contributed by atoms with van der Waals surface area (Å²) in [6.07, 6.45) is 4.80. The maximum atomic E-state index is 12.0. The Bertz CT molecular complexity index is 287. The molecule has 0 saturated heterocycles. The summed E-state index contributed by atoms with van der Waals surface area (Å²) >= 11 is 0. The summed E-state index contributed by atoms with van der Waals surface area (Å²) in [5.74, 6) is 0.472. The molecule has 0 heterocycles. The van der Waals surface area contributed by atoms with Crippen molar-refractivity contribution in [2.24, 2.45) is 0 Å². The predicted molar refractivity (Wildman–Crippen MR) is 55.1 cm³/mol. The second kappa shape index (κ2) is 3.81. The molecule has 0 bridgehead atoms. The third kappa shape index (κ3) is 1.96. The molecule has 1 rings (SSSR count). The summed E-state index contributed by atoms with van der Waals surface area (Å²) in [6.45, 7) is 4.71. The number of rotatable bonds is 2. The van der Waals surface area contributed by atoms with Crippen LogP contribution in [0.25, 0.3) is 0 Å². The van der Waals surface area contributed by atoms with Gasteiger partial charge < -0.3 is 5.11 Å². The van der Waals surface area contributed by atoms with Gasteiger partial charge in [0.2, 0.25) is 0 Å². The first-order chi connectivity index (χ1) is 6.30. The van der Waals surface area contributed by atoms with Gasteiger partial charge in [0, 0.05) is 5.92 Å². The first-order valence-corrected chi connectivity index (χ1v) is 5.89. The first-order valence-electron chi connectivity index (χ1n) is 4.41. The van der Waals surface area contributed by atoms with Crippen LogP contribution in [-0.2, 0) is 9.84 Å². The van der Waals surface area contributed by atoms with E-state index in [4.69, 9.17) is 5.11 Å². The van der Waals surface area contributed by atoms with Crippen molar-refractivity contribution in [2.75, 3.05) is 6.61 Å². The van der Waals surface area contributed by atoms with E-state index < -0.39 is 14.6 Å². The van der Waals surface area contributed by atoms with Crippen molar-refractivity contribution < 1.29 is 13.5 Å². The standard InChI is InChI=1S/C10H15O3S/c1-10(2,3)14(12,13)9-6-4-5-8(9)7-11/h4-6,11H,7H2,1-3H3. The van der Waals surface area contributed by atoms with Gasteiger partial charge in [-0.3, -0.25) is 0 Å². The molecule has 1 aliphatic carbocycles. The Balaban J connectivity index is 2.93. The van der Waals surface area contributed by atoms with Gasteiger partial charge >= 0.3 is 0 Å². The van der Waals surface area contributed by atoms with Crippen molar-refractivity contribution in [3.63, 3.8) is 0 Å². The molecular weight excluding hydrogens is 200 g/mol. The number of aliphatic hydroxyl groups excluding tert-OH is 1. The van der Waals surface area contributed by atoms with Crippen LogP contribution in [-0.4, -0.2) is 24.9 Å². The molecular formula is C10H15O3S. The average molecular weight is 215 g/mol. The van der Waals surface area contributed by atoms with Gasteiger partial charge in [-0.15, -0.1) is 0 Å². The van der Waals surface area contributed by atoms with Crippen LogP contribution in [0.2, 0.25) is 0 Å². The molecule has 0 aromatic heterocycles. The number of hydrogen-bond donors (Lipinski definition) is 1. The van der Waals surface area contributed by atoms with Crippen molar-refractivity contribution in [3.05, 3.63) is 30.4 Å². The van der Waals surface area contributed by atoms with Crippen molar-refractivity contribution in [1.29, 1.82) is 0 Å². The maximum absolute atomic E-state index is 12.0. The molecule has 0 aliphatic heterocycles. The molecule has 0 aromatic carbocycles. The van der Waals surface area contributed by atoms with Crippen molar-refractivity contribution in [3.8, 4) is 0 Å². The average Bonchev–Trinajstić information content (AvgIpc) is 2.49. The smallest absolute Gasteiger partial charge is 0.163 e. The normalized spacial score (nSPS) is 21.7. The van der Waals surface area contributed by atoms with Crippen LogP contribution in [0.5, 0.6) is 0 Å². The molecule has 3 nitrogen and oxygen atoms in total. The maximum Gasteiger partial charge on any atom is 0.163 e. The molecule has 0 aromatic rings. The zero-order valence-electron chi connectivity index (χ0n) is 8.61. The summed E-state index contributed by atoms with van der Waals surface area (Å²) in [5.41, 5.74) is 0. The van der Waals surface area contributed by atoms with Crippen molar-refractivity contribution >= 4 is 9.84 Å². The zero-order chi connectivity index (χ0) is 11.0. The van der Waals surface area contributed by atoms with E-state index in [-0.39, 0.29) is 11.9 Å². The lowest BCUT2D eigenvalue weighted by Crippen LogP contribution is -2.34. The zero-order valence-corrected chi connectivity index (χ0v) is 9.43. The Hall–Kier alpha value is -0.0900. The Labute approximate surface area is 86.4 Å². The first kappa shape index (κ1) is 12.0. The van der Waals surface area contributed by atoms with Crippen LogP contribution in [0.3, 0.4) is 0 Å². The third-order valence-corrected chi connectivity index (χ3v) is 4.72. The van der Waals surface area contributed by atoms with Crippen molar-refractivity contribution in [2.45, 2.75) is 25.5 Å². The summed E-state index contributed by atoms with van der Waals surface area (Å²) < 4.78 is 23.1. The van der Waals surface area contributed by atoms with Gasteiger partial charge in [0.1, 0.15) is 5.25 Å². The van der Waals surface area contributed by atoms with E-state index in [1.165, 1.54) is 6.42 Å². The van der Waals surface area contributed by atoms with E-state index in [1.54, 1.807) is 33.6 Å². The lowest BCUT2D eigenvalue weighted by atomic mass is 10.1. The summed E-state index contributed by atoms with van der Waals surface area (Å²) in [7, 11) is -3.34. The molecule has 0 amide bonds. The van der Waals surface area contributed by atoms with Gasteiger partial charge in [-0.1, -0.05) is 0 Å². The minimum atomic E-state index is -3.34. The highest BCUT2D eigenvalue weighted by Gasteiger charge is 2.44. The van der Waals surface area contributed by atoms with E-state index in [0.717, 1.165) is 0 Å². The summed E-state index contributed by atoms with van der Waals surface area (Å²) in [6, 6.07) is 0. The molecule has 0 spiro atoms. The van der Waals surface area contributed by atoms with E-state index in [1.807, 2.05) is 0 Å². The molecule has 1 saturated carbocycles. The Kier molecular flexibility index (Phi) is 3.26. The molecule has 0 atom stereocenters. The molecule has 0 unspecified atom stereocenters. The molecule has 1 aliphatic rings. The molecule has 14 heavy (non-hydrogen) atoms. The Morgan fingerprint density at radius 1 is 1.29 bits per heavy atom. The van der Waals surface area contributed by atoms with Crippen molar-refractivity contribution in [1.82, 2.24) is 0 Å². The van der Waals surface area contributed by atoms with Gasteiger partial charge in [-0.2, -0.15) is 0 Å². The lowest BCUT2D eigenvalue weighted by Gasteiger charge is -2.26. The number of hydrogen-bond acceptors (Lipinski definition) is 3. The third-order valence-electron chi connectivity index (χ3n) is 2.13. The predicted octanol–water partition coefficient (Wildman–Crippen LogP) is 0.925. The van der Waals surface area contributed by atoms with Gasteiger partial charge in [0.05, 0.1) is 11.4 Å². The molecule has 1 fully saturated rings. The van der Waals surface area contributed by atoms with Crippen LogP contribution in [0.4, 0.5) is 0 Å². The fourth-order valence-corrected chi connectivity index (χ4v) is 2.56. The number of sulfone groups is 1. The van der Waals surface area contributed by atoms with E-state index >= 15 is 0 Å². The van der Waals surface area contributed by atoms with Crippen LogP contribution >= 0.6 is 0 Å². The van der Waals surface area contributed by atoms with Crippen LogP contribution < -0.4 is 0 Å². The van der Waals surface area contributed by atoms with Crippen LogP contribution in [0.1, 0.15) is 20.8 Å². The fourth-order valence-electron chi connectivity index (χ4n) is 1.16. The monoisotopic (exact) mass is 215 g/mol. The number of aliphatic hydroxyl groups is 1. The second-order valence-corrected chi connectivity index (χ2v) is 6.86. The van der Waals surface area contributed by atoms with Gasteiger partial charge in [0.15, 0.2) is 9.84 Å². The lowest BCUT2D eigenvalue weighted by molar-refractivity contribution is 0.316. The summed E-state index contributed by atoms with van der Waals surface area (Å²) in [5, 5.41) is 9.21. The molecule has 5 radical (unpaired) electrons. The highest BCUT2D eigenvalue weighted by molar-refractivity contribution is 7.95. The second-order valence-electron chi connectivity index (χ2n) is 4.19. The molecule has 1 N–H and O–H groups in total. The van der Waals surface area contributed by atoms with Gasteiger partial charge in [0.25, 0.3) is 0 Å². The minimum absolute atomic E-state index is 0.238. The molecule has 79 valence electrons. The Morgan fingerprint density at radius 3 is 2.29 bits per heavy atom. The quantitative estimate of drug-likeness (QED) is 0.745. The van der Waals surface area contributed by atoms with E-state index in [9.17, 15) is 8.42 Å². The van der Waals surface area contributed by atoms with Crippen LogP contribution in [0, 0.1) is 30.4 Å². The summed E-state index contributed by atoms with van der Waals surface area (Å²) in [4.78, 5) is 0. The molecule has 4 heteroatoms. The van der Waals surface area contributed by atoms with Gasteiger partial charge in [-0.05, 0) is 40.0 Å². The largest absolute Gasteiger partial charge is 0.396 e. The Morgan fingerprint density at radius 2 is 1.86 bits per heavy atom. The minimum Gasteiger partial charge on any atom is -0.396 e. The topological polar surface area (TPSA) is 54.4 Å². The highest BCUT2D eigenvalue weighted by atomic mass is 32.2. The van der Waals surface area contributed by atoms with E-state index in [0.29, 0.717) is 5.92 Å². The highest BCUT2D eigenvalue weighted by Crippen LogP contribution is 2.41. The fraction of sp³-hybridized carbons (Fsp3) is 0.500. The van der Waals surface area contributed by atoms with Crippen LogP contribution in [0.15, 0.2) is 0 Å². The van der Waals surface area contributed by atoms with Gasteiger partial charge in [-0.25, -0.2) is 8.42 Å². The SMILES string of the molecule is CC(C)(C)S(=O)(=O)[C]1[CH][CH][CH][C]1CO. The van der Waals surface area contributed by atoms with E-state index in [2.05, 4.69) is 0 Å².